The highest BCUT2D eigenvalue weighted by molar-refractivity contribution is 7.89. The van der Waals surface area contributed by atoms with Crippen molar-refractivity contribution < 1.29 is 13.2 Å². The highest BCUT2D eigenvalue weighted by Gasteiger charge is 2.29. The fourth-order valence-corrected chi connectivity index (χ4v) is 4.68. The van der Waals surface area contributed by atoms with Crippen molar-refractivity contribution in [3.63, 3.8) is 0 Å². The van der Waals surface area contributed by atoms with Crippen LogP contribution >= 0.6 is 0 Å². The molecule has 0 aromatic heterocycles. The lowest BCUT2D eigenvalue weighted by Gasteiger charge is -2.22. The van der Waals surface area contributed by atoms with Crippen LogP contribution in [0, 0.1) is 12.8 Å². The van der Waals surface area contributed by atoms with Crippen molar-refractivity contribution in [3.05, 3.63) is 23.8 Å². The Labute approximate surface area is 144 Å². The minimum absolute atomic E-state index is 0.0737. The number of nitrogens with two attached hydrogens (primary N) is 1. The van der Waals surface area contributed by atoms with E-state index in [1.165, 1.54) is 0 Å². The van der Waals surface area contributed by atoms with Gasteiger partial charge in [-0.15, -0.1) is 0 Å². The van der Waals surface area contributed by atoms with Crippen LogP contribution in [0.4, 0.5) is 5.69 Å². The number of hydrogen-bond acceptors (Lipinski definition) is 4. The third kappa shape index (κ3) is 4.55. The second-order valence-corrected chi connectivity index (χ2v) is 9.19. The zero-order valence-corrected chi connectivity index (χ0v) is 15.5. The van der Waals surface area contributed by atoms with Crippen LogP contribution in [-0.4, -0.2) is 25.9 Å². The fraction of sp³-hybridized carbons (Fsp3) is 0.588. The van der Waals surface area contributed by atoms with E-state index in [0.717, 1.165) is 12.8 Å². The molecule has 2 unspecified atom stereocenters. The summed E-state index contributed by atoms with van der Waals surface area (Å²) in [6.45, 7) is 7.06. The molecule has 0 bridgehead atoms. The van der Waals surface area contributed by atoms with Gasteiger partial charge in [-0.1, -0.05) is 6.07 Å². The summed E-state index contributed by atoms with van der Waals surface area (Å²) in [7, 11) is -3.66. The van der Waals surface area contributed by atoms with E-state index in [0.29, 0.717) is 17.7 Å². The molecule has 4 N–H and O–H groups in total. The average Bonchev–Trinajstić information content (AvgIpc) is 2.85. The monoisotopic (exact) mass is 353 g/mol. The number of amides is 1. The zero-order valence-electron chi connectivity index (χ0n) is 14.7. The smallest absolute Gasteiger partial charge is 0.241 e. The number of rotatable bonds is 4. The molecular weight excluding hydrogens is 326 g/mol. The second kappa shape index (κ2) is 6.82. The Hall–Kier alpha value is -1.44. The summed E-state index contributed by atoms with van der Waals surface area (Å²) >= 11 is 0. The number of benzene rings is 1. The number of anilines is 1. The van der Waals surface area contributed by atoms with Crippen molar-refractivity contribution in [1.82, 2.24) is 4.72 Å². The molecule has 134 valence electrons. The van der Waals surface area contributed by atoms with Crippen molar-refractivity contribution in [2.75, 3.05) is 5.32 Å². The fourth-order valence-electron chi connectivity index (χ4n) is 2.99. The number of carbonyl (C=O) groups excluding carboxylic acids is 1. The molecule has 0 heterocycles. The Kier molecular flexibility index (Phi) is 5.37. The molecule has 1 fully saturated rings. The van der Waals surface area contributed by atoms with Crippen LogP contribution in [0.5, 0.6) is 0 Å². The van der Waals surface area contributed by atoms with Crippen molar-refractivity contribution in [3.8, 4) is 0 Å². The molecule has 1 aromatic carbocycles. The van der Waals surface area contributed by atoms with Crippen LogP contribution in [0.1, 0.15) is 45.6 Å². The van der Waals surface area contributed by atoms with Crippen LogP contribution in [-0.2, 0) is 14.8 Å². The Morgan fingerprint density at radius 3 is 2.46 bits per heavy atom. The summed E-state index contributed by atoms with van der Waals surface area (Å²) in [4.78, 5) is 12.5. The Morgan fingerprint density at radius 2 is 1.92 bits per heavy atom. The van der Waals surface area contributed by atoms with Gasteiger partial charge in [0.1, 0.15) is 0 Å². The van der Waals surface area contributed by atoms with Gasteiger partial charge in [-0.2, -0.15) is 0 Å². The Balaban J connectivity index is 2.23. The van der Waals surface area contributed by atoms with Crippen LogP contribution in [0.2, 0.25) is 0 Å². The molecule has 2 rings (SSSR count). The molecule has 1 aliphatic carbocycles. The first-order valence-corrected chi connectivity index (χ1v) is 9.68. The highest BCUT2D eigenvalue weighted by atomic mass is 32.2. The molecule has 2 atom stereocenters. The van der Waals surface area contributed by atoms with Gasteiger partial charge < -0.3 is 11.1 Å². The third-order valence-corrected chi connectivity index (χ3v) is 6.02. The summed E-state index contributed by atoms with van der Waals surface area (Å²) in [5, 5.41) is 2.86. The van der Waals surface area contributed by atoms with Gasteiger partial charge in [0.15, 0.2) is 0 Å². The summed E-state index contributed by atoms with van der Waals surface area (Å²) in [6.07, 6.45) is 2.30. The van der Waals surface area contributed by atoms with Gasteiger partial charge in [0.05, 0.1) is 4.90 Å². The lowest BCUT2D eigenvalue weighted by atomic mass is 10.1. The molecule has 1 aromatic rings. The van der Waals surface area contributed by atoms with Crippen molar-refractivity contribution in [2.45, 2.75) is 63.4 Å². The molecule has 7 heteroatoms. The largest absolute Gasteiger partial charge is 0.328 e. The van der Waals surface area contributed by atoms with Crippen LogP contribution in [0.3, 0.4) is 0 Å². The van der Waals surface area contributed by atoms with E-state index in [1.54, 1.807) is 45.9 Å². The Morgan fingerprint density at radius 1 is 1.25 bits per heavy atom. The molecule has 0 saturated heterocycles. The van der Waals surface area contributed by atoms with Crippen LogP contribution in [0.25, 0.3) is 0 Å². The van der Waals surface area contributed by atoms with Gasteiger partial charge in [0, 0.05) is 23.2 Å². The third-order valence-electron chi connectivity index (χ3n) is 4.12. The van der Waals surface area contributed by atoms with E-state index >= 15 is 0 Å². The first-order valence-electron chi connectivity index (χ1n) is 8.19. The van der Waals surface area contributed by atoms with Crippen molar-refractivity contribution in [2.24, 2.45) is 11.7 Å². The molecule has 0 radical (unpaired) electrons. The van der Waals surface area contributed by atoms with E-state index < -0.39 is 15.6 Å². The van der Waals surface area contributed by atoms with E-state index in [1.807, 2.05) is 0 Å². The topological polar surface area (TPSA) is 101 Å². The lowest BCUT2D eigenvalue weighted by Crippen LogP contribution is -2.40. The summed E-state index contributed by atoms with van der Waals surface area (Å²) < 4.78 is 27.8. The van der Waals surface area contributed by atoms with Crippen LogP contribution in [0.15, 0.2) is 23.1 Å². The normalized spacial score (nSPS) is 21.7. The predicted octanol–water partition coefficient (Wildman–Crippen LogP) is 2.14. The lowest BCUT2D eigenvalue weighted by molar-refractivity contribution is -0.119. The molecule has 1 saturated carbocycles. The van der Waals surface area contributed by atoms with E-state index in [2.05, 4.69) is 10.0 Å². The van der Waals surface area contributed by atoms with E-state index in [-0.39, 0.29) is 22.8 Å². The SMILES string of the molecule is Cc1c(NC(=O)C2CCC(N)C2)cccc1S(=O)(=O)NC(C)(C)C. The van der Waals surface area contributed by atoms with Crippen molar-refractivity contribution in [1.29, 1.82) is 0 Å². The maximum atomic E-state index is 12.6. The highest BCUT2D eigenvalue weighted by Crippen LogP contribution is 2.28. The van der Waals surface area contributed by atoms with E-state index in [4.69, 9.17) is 5.73 Å². The van der Waals surface area contributed by atoms with Gasteiger partial charge in [-0.25, -0.2) is 13.1 Å². The van der Waals surface area contributed by atoms with Gasteiger partial charge in [-0.3, -0.25) is 4.79 Å². The maximum Gasteiger partial charge on any atom is 0.241 e. The van der Waals surface area contributed by atoms with Gasteiger partial charge in [0.25, 0.3) is 0 Å². The molecule has 0 spiro atoms. The second-order valence-electron chi connectivity index (χ2n) is 7.54. The molecule has 24 heavy (non-hydrogen) atoms. The number of sulfonamides is 1. The molecule has 1 aliphatic rings. The first-order chi connectivity index (χ1) is 11.0. The quantitative estimate of drug-likeness (QED) is 0.772. The van der Waals surface area contributed by atoms with Gasteiger partial charge >= 0.3 is 0 Å². The Bertz CT molecular complexity index is 723. The van der Waals surface area contributed by atoms with Crippen molar-refractivity contribution >= 4 is 21.6 Å². The van der Waals surface area contributed by atoms with Crippen LogP contribution < -0.4 is 15.8 Å². The average molecular weight is 353 g/mol. The minimum Gasteiger partial charge on any atom is -0.328 e. The van der Waals surface area contributed by atoms with E-state index in [9.17, 15) is 13.2 Å². The molecule has 0 aliphatic heterocycles. The van der Waals surface area contributed by atoms with Gasteiger partial charge in [-0.05, 0) is 64.7 Å². The zero-order chi connectivity index (χ0) is 18.1. The standard InChI is InChI=1S/C17H27N3O3S/c1-11-14(19-16(21)12-8-9-13(18)10-12)6-5-7-15(11)24(22,23)20-17(2,3)4/h5-7,12-13,20H,8-10,18H2,1-4H3,(H,19,21). The summed E-state index contributed by atoms with van der Waals surface area (Å²) in [5.41, 5.74) is 6.34. The maximum absolute atomic E-state index is 12.6. The van der Waals surface area contributed by atoms with Gasteiger partial charge in [0.2, 0.25) is 15.9 Å². The molecular formula is C17H27N3O3S. The number of hydrogen-bond donors (Lipinski definition) is 3. The molecule has 6 nitrogen and oxygen atoms in total. The first kappa shape index (κ1) is 18.9. The number of carbonyl (C=O) groups is 1. The predicted molar refractivity (Wildman–Crippen MR) is 95.2 cm³/mol. The molecule has 1 amide bonds. The summed E-state index contributed by atoms with van der Waals surface area (Å²) in [5.74, 6) is -0.197. The number of nitrogens with one attached hydrogen (secondary N) is 2. The minimum atomic E-state index is -3.66. The summed E-state index contributed by atoms with van der Waals surface area (Å²) in [6, 6.07) is 4.98.